The number of carbonyl (C=O) groups is 5. The molecular weight excluding hydrogens is 1670 g/mol. The lowest BCUT2D eigenvalue weighted by molar-refractivity contribution is -0.138. The number of piperidine rings is 4. The van der Waals surface area contributed by atoms with Crippen LogP contribution in [0.2, 0.25) is 0 Å². The summed E-state index contributed by atoms with van der Waals surface area (Å²) in [5.41, 5.74) is 9.24. The van der Waals surface area contributed by atoms with Gasteiger partial charge in [-0.15, -0.1) is 0 Å². The Balaban J connectivity index is 0.000000204. The van der Waals surface area contributed by atoms with Crippen molar-refractivity contribution in [3.8, 4) is 23.0 Å². The fourth-order valence-corrected chi connectivity index (χ4v) is 20.3. The van der Waals surface area contributed by atoms with Gasteiger partial charge in [-0.05, 0) is 220 Å². The van der Waals surface area contributed by atoms with Gasteiger partial charge in [0, 0.05) is 59.0 Å². The number of fused-ring (bicyclic) bond motifs is 8. The minimum Gasteiger partial charge on any atom is -0.508 e. The zero-order chi connectivity index (χ0) is 96.7. The number of methoxy groups -OCH3 is 5. The van der Waals surface area contributed by atoms with Crippen LogP contribution in [0.5, 0.6) is 23.0 Å². The summed E-state index contributed by atoms with van der Waals surface area (Å²) < 4.78 is 22.0. The number of aromatic hydroxyl groups is 4. The van der Waals surface area contributed by atoms with Gasteiger partial charge in [-0.1, -0.05) is 256 Å². The molecule has 9 unspecified atom stereocenters. The van der Waals surface area contributed by atoms with E-state index in [4.69, 9.17) is 5.11 Å². The van der Waals surface area contributed by atoms with E-state index in [0.717, 1.165) is 39.4 Å². The molecule has 13 N–H and O–H groups in total. The van der Waals surface area contributed by atoms with Crippen molar-refractivity contribution in [2.24, 2.45) is 23.7 Å². The topological polar surface area (TPSA) is 362 Å². The summed E-state index contributed by atoms with van der Waals surface area (Å²) in [6, 6.07) is 69.7. The zero-order valence-corrected chi connectivity index (χ0v) is 78.6. The lowest BCUT2D eigenvalue weighted by Crippen LogP contribution is -2.55. The number of esters is 5. The van der Waals surface area contributed by atoms with Crippen molar-refractivity contribution in [3.63, 3.8) is 0 Å². The van der Waals surface area contributed by atoms with Crippen LogP contribution in [0.25, 0.3) is 0 Å². The minimum atomic E-state index is -0.997. The van der Waals surface area contributed by atoms with Crippen LogP contribution in [0.15, 0.2) is 280 Å². The first-order valence-corrected chi connectivity index (χ1v) is 45.6. The molecule has 0 aromatic heterocycles. The summed E-state index contributed by atoms with van der Waals surface area (Å²) in [6.07, 6.45) is 17.5. The number of rotatable bonds is 17. The smallest absolute Gasteiger partial charge is 0.336 e. The van der Waals surface area contributed by atoms with Gasteiger partial charge in [-0.2, -0.15) is 0 Å². The molecule has 4 aliphatic carbocycles. The number of nitrogens with one attached hydrogen (secondary N) is 4. The largest absolute Gasteiger partial charge is 0.508 e. The van der Waals surface area contributed by atoms with Crippen molar-refractivity contribution >= 4 is 29.8 Å². The molecule has 4 aliphatic heterocycles. The lowest BCUT2D eigenvalue weighted by Gasteiger charge is -2.51. The number of carbonyl (C=O) groups excluding carboxylic acids is 5. The second-order valence-electron chi connectivity index (χ2n) is 34.8. The molecule has 8 bridgehead atoms. The van der Waals surface area contributed by atoms with E-state index in [9.17, 15) is 64.8 Å². The van der Waals surface area contributed by atoms with Crippen LogP contribution in [0.1, 0.15) is 199 Å². The average molecular weight is 1810 g/mol. The Hall–Kier alpha value is -11.4. The van der Waals surface area contributed by atoms with E-state index in [2.05, 4.69) is 130 Å². The average Bonchev–Trinajstić information content (AvgIpc) is 0.768. The van der Waals surface area contributed by atoms with Crippen molar-refractivity contribution in [3.05, 3.63) is 324 Å². The molecule has 23 heteroatoms. The summed E-state index contributed by atoms with van der Waals surface area (Å²) in [5, 5.41) is 99.2. The molecule has 712 valence electrons. The fraction of sp³-hybridized carbons (Fsp3) is 0.422. The quantitative estimate of drug-likeness (QED) is 0.0229. The molecule has 23 nitrogen and oxygen atoms in total. The van der Waals surface area contributed by atoms with Crippen LogP contribution in [-0.2, 0) is 69.3 Å². The van der Waals surface area contributed by atoms with Gasteiger partial charge < -0.3 is 90.9 Å². The predicted octanol–water partition coefficient (Wildman–Crippen LogP) is 17.0. The Kier molecular flexibility index (Phi) is 43.5. The molecule has 4 saturated heterocycles. The van der Waals surface area contributed by atoms with E-state index < -0.39 is 54.3 Å². The molecule has 8 aromatic rings. The standard InChI is InChI=1S/4C15H21NO.4C11H12O3.C4H6O2.CH4O/c4*1-11-14-6-3-7-15(11,8-9-16-14)12-4-2-5-13(17)10-12;4*1-8(11(13)14-2)10(12)9-6-4-3-5-7-9;1-3-4(5)6-2;1-2/h4*2,4-5,10-11,14,16-17H,3,6-9H2,1H3;4*3-7,10,12H,1H2,2H3;3H,1H2,2H3;2H,1H3/t4*11-,14?,15?;3*10-;;;/m0000110.../s1. The monoisotopic (exact) mass is 1810 g/mol. The number of aliphatic hydroxyl groups is 5. The molecule has 4 heterocycles. The molecule has 0 spiro atoms. The van der Waals surface area contributed by atoms with Crippen LogP contribution in [0.4, 0.5) is 0 Å². The summed E-state index contributed by atoms with van der Waals surface area (Å²) in [7, 11) is 7.33. The van der Waals surface area contributed by atoms with Gasteiger partial charge >= 0.3 is 29.8 Å². The maximum atomic E-state index is 11.0. The van der Waals surface area contributed by atoms with Gasteiger partial charge in [0.1, 0.15) is 47.4 Å². The van der Waals surface area contributed by atoms with E-state index in [0.29, 0.717) is 115 Å². The minimum absolute atomic E-state index is 0.0405. The van der Waals surface area contributed by atoms with Crippen LogP contribution >= 0.6 is 0 Å². The third-order valence-electron chi connectivity index (χ3n) is 28.0. The molecule has 8 aliphatic rings. The van der Waals surface area contributed by atoms with Gasteiger partial charge in [0.05, 0.1) is 57.8 Å². The van der Waals surface area contributed by atoms with Gasteiger partial charge in [0.15, 0.2) is 0 Å². The third-order valence-corrected chi connectivity index (χ3v) is 28.0. The Morgan fingerprint density at radius 1 is 0.318 bits per heavy atom. The first kappa shape index (κ1) is 108. The van der Waals surface area contributed by atoms with Crippen LogP contribution in [0.3, 0.4) is 0 Å². The molecule has 132 heavy (non-hydrogen) atoms. The maximum Gasteiger partial charge on any atom is 0.336 e. The molecule has 0 amide bonds. The summed E-state index contributed by atoms with van der Waals surface area (Å²) in [4.78, 5) is 54.0. The molecule has 16 atom stereocenters. The number of phenolic OH excluding ortho intramolecular Hbond substituents is 4. The first-order valence-electron chi connectivity index (χ1n) is 45.6. The SMILES string of the molecule is C=C(C(=O)OC)C(O)c1ccccc1.C=C(C(=O)OC)[C@@H](O)c1ccccc1.C=C(C(=O)OC)[C@@H](O)c1ccccc1.C=C(C(=O)OC)[C@H](O)c1ccccc1.C=CC(=O)OC.CO.C[C@H]1C2CCCC1(c1cccc(O)c1)CCN2.C[C@H]1C2CCCC1(c1cccc(O)c1)CCN2.C[C@H]1C2CCCC1(c1cccc(O)c1)CCN2.C[C@H]1C2CCCC1(c1cccc(O)c1)CCN2. The molecule has 4 saturated carbocycles. The Morgan fingerprint density at radius 2 is 0.515 bits per heavy atom. The van der Waals surface area contributed by atoms with Crippen LogP contribution < -0.4 is 21.3 Å². The number of ether oxygens (including phenoxy) is 5. The maximum absolute atomic E-state index is 11.0. The van der Waals surface area contributed by atoms with E-state index in [-0.39, 0.29) is 22.3 Å². The van der Waals surface area contributed by atoms with Crippen molar-refractivity contribution in [2.75, 3.05) is 68.8 Å². The normalized spacial score (nSPS) is 24.3. The van der Waals surface area contributed by atoms with E-state index in [1.807, 2.05) is 72.8 Å². The molecular formula is C109H142N4O19. The van der Waals surface area contributed by atoms with Crippen LogP contribution in [0, 0.1) is 23.7 Å². The van der Waals surface area contributed by atoms with Crippen LogP contribution in [-0.4, -0.2) is 169 Å². The van der Waals surface area contributed by atoms with Gasteiger partial charge in [-0.3, -0.25) is 0 Å². The fourth-order valence-electron chi connectivity index (χ4n) is 20.3. The molecule has 8 aromatic carbocycles. The highest BCUT2D eigenvalue weighted by atomic mass is 16.5. The first-order chi connectivity index (χ1) is 63.4. The highest BCUT2D eigenvalue weighted by molar-refractivity contribution is 5.90. The van der Waals surface area contributed by atoms with Crippen molar-refractivity contribution in [1.29, 1.82) is 0 Å². The van der Waals surface area contributed by atoms with Gasteiger partial charge in [-0.25, -0.2) is 24.0 Å². The van der Waals surface area contributed by atoms with E-state index in [1.165, 1.54) is 161 Å². The summed E-state index contributed by atoms with van der Waals surface area (Å²) >= 11 is 0. The molecule has 8 fully saturated rings. The van der Waals surface area contributed by atoms with Gasteiger partial charge in [0.25, 0.3) is 0 Å². The van der Waals surface area contributed by atoms with Crippen molar-refractivity contribution in [1.82, 2.24) is 21.3 Å². The third kappa shape index (κ3) is 28.4. The Labute approximate surface area is 780 Å². The second kappa shape index (κ2) is 53.4. The van der Waals surface area contributed by atoms with Crippen molar-refractivity contribution in [2.45, 2.75) is 201 Å². The summed E-state index contributed by atoms with van der Waals surface area (Å²) in [6.45, 7) is 31.0. The highest BCUT2D eigenvalue weighted by Crippen LogP contribution is 2.53. The number of hydrogen-bond acceptors (Lipinski definition) is 23. The lowest BCUT2D eigenvalue weighted by atomic mass is 9.58. The molecule has 0 radical (unpaired) electrons. The zero-order valence-electron chi connectivity index (χ0n) is 78.6. The highest BCUT2D eigenvalue weighted by Gasteiger charge is 2.50. The van der Waals surface area contributed by atoms with E-state index in [1.54, 1.807) is 121 Å². The number of phenols is 4. The second-order valence-corrected chi connectivity index (χ2v) is 34.8. The Bertz CT molecular complexity index is 4330. The number of benzene rings is 8. The Morgan fingerprint density at radius 3 is 0.674 bits per heavy atom. The number of aliphatic hydroxyl groups excluding tert-OH is 5. The van der Waals surface area contributed by atoms with Crippen molar-refractivity contribution < 1.29 is 93.6 Å². The number of hydrogen-bond donors (Lipinski definition) is 13. The molecule has 16 rings (SSSR count). The van der Waals surface area contributed by atoms with Gasteiger partial charge in [0.2, 0.25) is 0 Å². The predicted molar refractivity (Wildman–Crippen MR) is 517 cm³/mol. The van der Waals surface area contributed by atoms with E-state index >= 15 is 0 Å². The summed E-state index contributed by atoms with van der Waals surface area (Å²) in [5.74, 6) is 1.54.